The Morgan fingerprint density at radius 3 is 2.41 bits per heavy atom. The third-order valence-electron chi connectivity index (χ3n) is 1.97. The molecule has 0 radical (unpaired) electrons. The maximum Gasteiger partial charge on any atom is 0.321 e. The first-order chi connectivity index (χ1) is 7.97. The zero-order valence-electron chi connectivity index (χ0n) is 11.0. The van der Waals surface area contributed by atoms with Crippen molar-refractivity contribution in [2.75, 3.05) is 19.7 Å². The molecule has 0 heterocycles. The highest BCUT2D eigenvalue weighted by molar-refractivity contribution is 5.96. The van der Waals surface area contributed by atoms with Crippen molar-refractivity contribution < 1.29 is 14.3 Å². The lowest BCUT2D eigenvalue weighted by molar-refractivity contribution is -0.121. The lowest BCUT2D eigenvalue weighted by Crippen LogP contribution is -2.48. The van der Waals surface area contributed by atoms with Crippen molar-refractivity contribution in [1.82, 2.24) is 16.0 Å². The van der Waals surface area contributed by atoms with E-state index in [4.69, 9.17) is 4.74 Å². The predicted octanol–water partition coefficient (Wildman–Crippen LogP) is 0.235. The van der Waals surface area contributed by atoms with E-state index in [1.165, 1.54) is 0 Å². The summed E-state index contributed by atoms with van der Waals surface area (Å²) in [5.41, 5.74) is 0. The number of hydrogen-bond donors (Lipinski definition) is 3. The molecule has 0 bridgehead atoms. The molecule has 0 saturated carbocycles. The molecule has 1 atom stereocenters. The normalized spacial score (nSPS) is 12.3. The summed E-state index contributed by atoms with van der Waals surface area (Å²) in [6.45, 7) is 8.98. The Balaban J connectivity index is 3.71. The van der Waals surface area contributed by atoms with Crippen molar-refractivity contribution in [3.05, 3.63) is 0 Å². The van der Waals surface area contributed by atoms with Gasteiger partial charge in [0, 0.05) is 13.1 Å². The van der Waals surface area contributed by atoms with Gasteiger partial charge in [0.25, 0.3) is 0 Å². The molecule has 6 heteroatoms. The first kappa shape index (κ1) is 15.9. The molecule has 0 aliphatic heterocycles. The first-order valence-electron chi connectivity index (χ1n) is 5.91. The number of rotatable bonds is 7. The van der Waals surface area contributed by atoms with Gasteiger partial charge in [-0.1, -0.05) is 0 Å². The number of carbonyl (C=O) groups is 2. The molecule has 0 aromatic carbocycles. The molecule has 0 aliphatic rings. The first-order valence-corrected chi connectivity index (χ1v) is 5.91. The summed E-state index contributed by atoms with van der Waals surface area (Å²) in [4.78, 5) is 22.6. The summed E-state index contributed by atoms with van der Waals surface area (Å²) < 4.78 is 5.32. The van der Waals surface area contributed by atoms with E-state index in [0.717, 1.165) is 0 Å². The lowest BCUT2D eigenvalue weighted by Gasteiger charge is -2.14. The quantitative estimate of drug-likeness (QED) is 0.561. The summed E-state index contributed by atoms with van der Waals surface area (Å²) in [5.74, 6) is -0.347. The molecule has 0 spiro atoms. The third-order valence-corrected chi connectivity index (χ3v) is 1.97. The fraction of sp³-hybridized carbons (Fsp3) is 0.818. The second-order valence-electron chi connectivity index (χ2n) is 3.94. The van der Waals surface area contributed by atoms with E-state index in [2.05, 4.69) is 16.0 Å². The molecule has 17 heavy (non-hydrogen) atoms. The lowest BCUT2D eigenvalue weighted by atomic mass is 10.3. The van der Waals surface area contributed by atoms with Crippen molar-refractivity contribution in [2.24, 2.45) is 0 Å². The van der Waals surface area contributed by atoms with Gasteiger partial charge in [0.2, 0.25) is 5.91 Å². The van der Waals surface area contributed by atoms with Crippen LogP contribution in [0.2, 0.25) is 0 Å². The minimum absolute atomic E-state index is 0.177. The van der Waals surface area contributed by atoms with Gasteiger partial charge in [-0.25, -0.2) is 4.79 Å². The highest BCUT2D eigenvalue weighted by atomic mass is 16.5. The van der Waals surface area contributed by atoms with Gasteiger partial charge in [0.15, 0.2) is 0 Å². The SMILES string of the molecule is CCNC(=O)NC(=O)C(C)NCCOC(C)C. The zero-order chi connectivity index (χ0) is 13.3. The Bertz CT molecular complexity index is 244. The number of imide groups is 1. The zero-order valence-corrected chi connectivity index (χ0v) is 11.0. The molecule has 0 fully saturated rings. The van der Waals surface area contributed by atoms with Gasteiger partial charge in [-0.3, -0.25) is 10.1 Å². The van der Waals surface area contributed by atoms with Crippen molar-refractivity contribution >= 4 is 11.9 Å². The smallest absolute Gasteiger partial charge is 0.321 e. The van der Waals surface area contributed by atoms with Crippen LogP contribution in [0, 0.1) is 0 Å². The van der Waals surface area contributed by atoms with Crippen LogP contribution >= 0.6 is 0 Å². The summed E-state index contributed by atoms with van der Waals surface area (Å²) in [7, 11) is 0. The van der Waals surface area contributed by atoms with Crippen LogP contribution in [0.3, 0.4) is 0 Å². The molecule has 3 N–H and O–H groups in total. The molecular weight excluding hydrogens is 222 g/mol. The number of urea groups is 1. The highest BCUT2D eigenvalue weighted by Crippen LogP contribution is 1.87. The van der Waals surface area contributed by atoms with Gasteiger partial charge < -0.3 is 15.4 Å². The number of carbonyl (C=O) groups excluding carboxylic acids is 2. The van der Waals surface area contributed by atoms with E-state index < -0.39 is 12.1 Å². The summed E-state index contributed by atoms with van der Waals surface area (Å²) in [6.07, 6.45) is 0.177. The van der Waals surface area contributed by atoms with E-state index in [0.29, 0.717) is 19.7 Å². The minimum Gasteiger partial charge on any atom is -0.377 e. The van der Waals surface area contributed by atoms with Gasteiger partial charge in [0.1, 0.15) is 0 Å². The Hall–Kier alpha value is -1.14. The van der Waals surface area contributed by atoms with Crippen molar-refractivity contribution in [2.45, 2.75) is 39.8 Å². The van der Waals surface area contributed by atoms with Crippen LogP contribution in [0.1, 0.15) is 27.7 Å². The van der Waals surface area contributed by atoms with Crippen LogP contribution in [0.15, 0.2) is 0 Å². The molecule has 0 rings (SSSR count). The molecule has 100 valence electrons. The van der Waals surface area contributed by atoms with Gasteiger partial charge in [-0.2, -0.15) is 0 Å². The third kappa shape index (κ3) is 8.65. The van der Waals surface area contributed by atoms with Crippen LogP contribution < -0.4 is 16.0 Å². The minimum atomic E-state index is -0.468. The van der Waals surface area contributed by atoms with Crippen LogP contribution in [-0.4, -0.2) is 43.8 Å². The van der Waals surface area contributed by atoms with Gasteiger partial charge in [-0.05, 0) is 27.7 Å². The Morgan fingerprint density at radius 2 is 1.88 bits per heavy atom. The van der Waals surface area contributed by atoms with E-state index in [1.54, 1.807) is 13.8 Å². The average molecular weight is 245 g/mol. The van der Waals surface area contributed by atoms with E-state index in [-0.39, 0.29) is 12.0 Å². The van der Waals surface area contributed by atoms with Crippen molar-refractivity contribution in [3.63, 3.8) is 0 Å². The maximum absolute atomic E-state index is 11.5. The maximum atomic E-state index is 11.5. The van der Waals surface area contributed by atoms with Gasteiger partial charge >= 0.3 is 6.03 Å². The van der Waals surface area contributed by atoms with E-state index in [9.17, 15) is 9.59 Å². The second kappa shape index (κ2) is 8.95. The van der Waals surface area contributed by atoms with Crippen LogP contribution in [0.25, 0.3) is 0 Å². The molecule has 6 nitrogen and oxygen atoms in total. The van der Waals surface area contributed by atoms with E-state index >= 15 is 0 Å². The van der Waals surface area contributed by atoms with Crippen molar-refractivity contribution in [3.8, 4) is 0 Å². The molecule has 1 unspecified atom stereocenters. The molecule has 3 amide bonds. The number of hydrogen-bond acceptors (Lipinski definition) is 4. The number of ether oxygens (including phenoxy) is 1. The number of nitrogens with one attached hydrogen (secondary N) is 3. The Morgan fingerprint density at radius 1 is 1.24 bits per heavy atom. The van der Waals surface area contributed by atoms with Gasteiger partial charge in [-0.15, -0.1) is 0 Å². The number of amides is 3. The summed E-state index contributed by atoms with van der Waals surface area (Å²) in [6, 6.07) is -0.891. The Labute approximate surface area is 102 Å². The summed E-state index contributed by atoms with van der Waals surface area (Å²) >= 11 is 0. The van der Waals surface area contributed by atoms with Crippen molar-refractivity contribution in [1.29, 1.82) is 0 Å². The molecule has 0 aromatic heterocycles. The molecule has 0 saturated heterocycles. The fourth-order valence-corrected chi connectivity index (χ4v) is 1.09. The van der Waals surface area contributed by atoms with Gasteiger partial charge in [0.05, 0.1) is 18.8 Å². The Kier molecular flexibility index (Phi) is 8.35. The molecule has 0 aliphatic carbocycles. The molecule has 0 aromatic rings. The molecular formula is C11H23N3O3. The van der Waals surface area contributed by atoms with Crippen LogP contribution in [-0.2, 0) is 9.53 Å². The predicted molar refractivity (Wildman–Crippen MR) is 65.8 cm³/mol. The highest BCUT2D eigenvalue weighted by Gasteiger charge is 2.14. The summed E-state index contributed by atoms with van der Waals surface area (Å²) in [5, 5.41) is 7.70. The van der Waals surface area contributed by atoms with Crippen LogP contribution in [0.5, 0.6) is 0 Å². The second-order valence-corrected chi connectivity index (χ2v) is 3.94. The fourth-order valence-electron chi connectivity index (χ4n) is 1.09. The average Bonchev–Trinajstić information content (AvgIpc) is 2.23. The monoisotopic (exact) mass is 245 g/mol. The topological polar surface area (TPSA) is 79.5 Å². The standard InChI is InChI=1S/C11H23N3O3/c1-5-12-11(16)14-10(15)9(4)13-6-7-17-8(2)3/h8-9,13H,5-7H2,1-4H3,(H2,12,14,15,16). The van der Waals surface area contributed by atoms with Crippen LogP contribution in [0.4, 0.5) is 4.79 Å². The van der Waals surface area contributed by atoms with E-state index in [1.807, 2.05) is 13.8 Å². The largest absolute Gasteiger partial charge is 0.377 e.